The summed E-state index contributed by atoms with van der Waals surface area (Å²) in [6.45, 7) is 34.7. The summed E-state index contributed by atoms with van der Waals surface area (Å²) < 4.78 is 5.14. The van der Waals surface area contributed by atoms with Crippen molar-refractivity contribution in [3.8, 4) is 5.75 Å². The van der Waals surface area contributed by atoms with Crippen molar-refractivity contribution in [2.75, 3.05) is 5.32 Å². The van der Waals surface area contributed by atoms with Crippen LogP contribution >= 0.6 is 0 Å². The van der Waals surface area contributed by atoms with E-state index in [1.54, 1.807) is 12.1 Å². The smallest absolute Gasteiger partial charge is 0.316 e. The number of para-hydroxylation sites is 2. The Morgan fingerprint density at radius 1 is 0.463 bits per heavy atom. The number of esters is 1. The van der Waals surface area contributed by atoms with Gasteiger partial charge in [-0.05, 0) is 56.2 Å². The molecule has 5 rings (SSSR count). The largest absolute Gasteiger partial charge is 0.426 e. The summed E-state index contributed by atoms with van der Waals surface area (Å²) in [4.78, 5) is 58.2. The van der Waals surface area contributed by atoms with Gasteiger partial charge in [-0.25, -0.2) is 0 Å². The van der Waals surface area contributed by atoms with Gasteiger partial charge in [0.15, 0.2) is 5.78 Å². The van der Waals surface area contributed by atoms with E-state index in [-0.39, 0.29) is 45.2 Å². The Labute approximate surface area is 405 Å². The number of amides is 1. The van der Waals surface area contributed by atoms with Crippen LogP contribution < -0.4 is 10.1 Å². The van der Waals surface area contributed by atoms with Gasteiger partial charge in [0.1, 0.15) is 17.3 Å². The van der Waals surface area contributed by atoms with Crippen LogP contribution in [0.1, 0.15) is 152 Å². The Hall–Kier alpha value is -5.95. The van der Waals surface area contributed by atoms with Gasteiger partial charge >= 0.3 is 5.97 Å². The van der Waals surface area contributed by atoms with Gasteiger partial charge in [-0.15, -0.1) is 0 Å². The Bertz CT molecular complexity index is 2010. The van der Waals surface area contributed by atoms with Crippen LogP contribution in [0.4, 0.5) is 5.69 Å². The number of anilines is 1. The maximum absolute atomic E-state index is 12.0. The Kier molecular flexibility index (Phi) is 26.4. The van der Waals surface area contributed by atoms with Crippen molar-refractivity contribution in [3.05, 3.63) is 168 Å². The van der Waals surface area contributed by atoms with Crippen molar-refractivity contribution in [2.45, 2.75) is 137 Å². The molecule has 0 aliphatic heterocycles. The van der Waals surface area contributed by atoms with Crippen molar-refractivity contribution >= 4 is 34.9 Å². The molecule has 0 saturated carbocycles. The van der Waals surface area contributed by atoms with Gasteiger partial charge < -0.3 is 10.1 Å². The van der Waals surface area contributed by atoms with E-state index in [2.05, 4.69) is 5.32 Å². The van der Waals surface area contributed by atoms with Crippen LogP contribution in [0.25, 0.3) is 0 Å². The first-order valence-electron chi connectivity index (χ1n) is 23.3. The molecule has 1 unspecified atom stereocenters. The Morgan fingerprint density at radius 3 is 1.22 bits per heavy atom. The fourth-order valence-corrected chi connectivity index (χ4v) is 5.20. The molecule has 0 aliphatic carbocycles. The van der Waals surface area contributed by atoms with Gasteiger partial charge in [0.05, 0.1) is 5.41 Å². The molecule has 1 atom stereocenters. The fraction of sp³-hybridized carbons (Fsp3) is 0.417. The van der Waals surface area contributed by atoms with Gasteiger partial charge in [-0.2, -0.15) is 0 Å². The van der Waals surface area contributed by atoms with Gasteiger partial charge in [-0.3, -0.25) is 24.0 Å². The lowest BCUT2D eigenvalue weighted by atomic mass is 9.81. The van der Waals surface area contributed by atoms with E-state index in [4.69, 9.17) is 4.74 Å². The molecule has 0 spiro atoms. The van der Waals surface area contributed by atoms with E-state index < -0.39 is 5.41 Å². The summed E-state index contributed by atoms with van der Waals surface area (Å²) in [6, 6.07) is 47.8. The van der Waals surface area contributed by atoms with Crippen LogP contribution in [0.3, 0.4) is 0 Å². The van der Waals surface area contributed by atoms with E-state index in [0.29, 0.717) is 23.7 Å². The fourth-order valence-electron chi connectivity index (χ4n) is 5.20. The number of rotatable bonds is 7. The number of benzene rings is 5. The molecule has 7 heteroatoms. The first kappa shape index (κ1) is 61.1. The van der Waals surface area contributed by atoms with Crippen LogP contribution in [-0.2, 0) is 25.6 Å². The third-order valence-corrected chi connectivity index (χ3v) is 9.47. The van der Waals surface area contributed by atoms with Crippen LogP contribution in [0.5, 0.6) is 5.75 Å². The van der Waals surface area contributed by atoms with E-state index in [9.17, 15) is 24.0 Å². The van der Waals surface area contributed by atoms with Crippen molar-refractivity contribution in [1.29, 1.82) is 0 Å². The van der Waals surface area contributed by atoms with Crippen LogP contribution in [0.15, 0.2) is 152 Å². The lowest BCUT2D eigenvalue weighted by Crippen LogP contribution is -2.27. The summed E-state index contributed by atoms with van der Waals surface area (Å²) in [6.07, 6.45) is 0.546. The normalized spacial score (nSPS) is 11.4. The minimum Gasteiger partial charge on any atom is -0.426 e. The third-order valence-electron chi connectivity index (χ3n) is 9.47. The van der Waals surface area contributed by atoms with Crippen molar-refractivity contribution < 1.29 is 28.7 Å². The summed E-state index contributed by atoms with van der Waals surface area (Å²) >= 11 is 0. The average molecular weight is 914 g/mol. The number of Topliss-reactive ketones (excluding diaryl/α,β-unsaturated/α-hetero) is 3. The standard InChI is InChI=1S/C13H18O.C12H16O.C11H15NO.C11H14O2.C11H14O.C2H6/c1-10(12(14)13(2,3)4)11-8-6-5-7-9-11;1-12(2,3)11(13)9-10-7-5-4-6-8-10;1-11(2,3)10(13)12-9-7-5-4-6-8-9;1-11(2,3)10(12)13-9-7-5-4-6-8-9;1-11(2,3)10(12)9-7-5-4-6-8-9;1-2/h5-10H,1-4H3;4-8H,9H2,1-3H3;4-8H,1-3H3,(H,12,13);4-8H,1-3H3;4-8H,1-3H3;1-2H3. The predicted octanol–water partition coefficient (Wildman–Crippen LogP) is 15.5. The van der Waals surface area contributed by atoms with E-state index in [0.717, 1.165) is 22.4 Å². The summed E-state index contributed by atoms with van der Waals surface area (Å²) in [5.41, 5.74) is 2.31. The number of ether oxygens (including phenoxy) is 1. The predicted molar refractivity (Wildman–Crippen MR) is 282 cm³/mol. The summed E-state index contributed by atoms with van der Waals surface area (Å²) in [7, 11) is 0. The van der Waals surface area contributed by atoms with Crippen molar-refractivity contribution in [1.82, 2.24) is 0 Å². The monoisotopic (exact) mass is 914 g/mol. The van der Waals surface area contributed by atoms with E-state index in [1.807, 2.05) is 264 Å². The first-order chi connectivity index (χ1) is 30.9. The highest BCUT2D eigenvalue weighted by Crippen LogP contribution is 2.27. The molecule has 364 valence electrons. The number of hydrogen-bond acceptors (Lipinski definition) is 6. The molecule has 1 amide bonds. The molecule has 5 aromatic carbocycles. The summed E-state index contributed by atoms with van der Waals surface area (Å²) in [5.74, 6) is 1.21. The highest BCUT2D eigenvalue weighted by molar-refractivity contribution is 5.99. The van der Waals surface area contributed by atoms with Gasteiger partial charge in [0, 0.05) is 45.2 Å². The molecule has 0 heterocycles. The topological polar surface area (TPSA) is 107 Å². The first-order valence-corrected chi connectivity index (χ1v) is 23.3. The Balaban J connectivity index is 0.000000805. The number of nitrogens with one attached hydrogen (secondary N) is 1. The lowest BCUT2D eigenvalue weighted by molar-refractivity contribution is -0.143. The number of carbonyl (C=O) groups is 5. The molecule has 0 bridgehead atoms. The molecule has 0 aliphatic rings. The number of carbonyl (C=O) groups excluding carboxylic acids is 5. The van der Waals surface area contributed by atoms with Crippen LogP contribution in [0.2, 0.25) is 0 Å². The molecule has 0 aromatic heterocycles. The third kappa shape index (κ3) is 26.1. The van der Waals surface area contributed by atoms with Gasteiger partial charge in [0.25, 0.3) is 0 Å². The van der Waals surface area contributed by atoms with E-state index >= 15 is 0 Å². The van der Waals surface area contributed by atoms with Gasteiger partial charge in [-0.1, -0.05) is 231 Å². The summed E-state index contributed by atoms with van der Waals surface area (Å²) in [5, 5.41) is 2.84. The maximum atomic E-state index is 12.0. The Morgan fingerprint density at radius 2 is 0.851 bits per heavy atom. The molecular weight excluding hydrogens is 831 g/mol. The number of hydrogen-bond donors (Lipinski definition) is 1. The zero-order valence-electron chi connectivity index (χ0n) is 44.2. The molecule has 0 fully saturated rings. The zero-order chi connectivity index (χ0) is 51.6. The molecule has 0 saturated heterocycles. The SMILES string of the molecule is CC.CC(C(=O)C(C)(C)C)c1ccccc1.CC(C)(C)C(=O)Cc1ccccc1.CC(C)(C)C(=O)Nc1ccccc1.CC(C)(C)C(=O)Oc1ccccc1.CC(C)(C)C(=O)c1ccccc1. The van der Waals surface area contributed by atoms with Crippen molar-refractivity contribution in [3.63, 3.8) is 0 Å². The molecular formula is C60H83NO6. The maximum Gasteiger partial charge on any atom is 0.316 e. The molecule has 1 N–H and O–H groups in total. The second-order valence-electron chi connectivity index (χ2n) is 21.1. The van der Waals surface area contributed by atoms with E-state index in [1.165, 1.54) is 0 Å². The quantitative estimate of drug-likeness (QED) is 0.0990. The highest BCUT2D eigenvalue weighted by atomic mass is 16.5. The molecule has 0 radical (unpaired) electrons. The minimum absolute atomic E-state index is 0.00352. The zero-order valence-corrected chi connectivity index (χ0v) is 44.2. The molecule has 7 nitrogen and oxygen atoms in total. The lowest BCUT2D eigenvalue weighted by Gasteiger charge is -2.21. The second-order valence-corrected chi connectivity index (χ2v) is 21.1. The average Bonchev–Trinajstić information content (AvgIpc) is 3.27. The van der Waals surface area contributed by atoms with Crippen LogP contribution in [0, 0.1) is 27.1 Å². The number of ketones is 3. The van der Waals surface area contributed by atoms with Gasteiger partial charge in [0.2, 0.25) is 5.91 Å². The molecule has 67 heavy (non-hydrogen) atoms. The second kappa shape index (κ2) is 28.9. The molecule has 5 aromatic rings. The van der Waals surface area contributed by atoms with Crippen molar-refractivity contribution in [2.24, 2.45) is 27.1 Å². The highest BCUT2D eigenvalue weighted by Gasteiger charge is 2.28. The van der Waals surface area contributed by atoms with Crippen LogP contribution in [-0.4, -0.2) is 29.2 Å². The minimum atomic E-state index is -0.449.